The van der Waals surface area contributed by atoms with E-state index in [4.69, 9.17) is 25.8 Å². The molecule has 1 aliphatic heterocycles. The van der Waals surface area contributed by atoms with E-state index in [1.54, 1.807) is 18.2 Å². The summed E-state index contributed by atoms with van der Waals surface area (Å²) in [5, 5.41) is 40.7. The fourth-order valence-electron chi connectivity index (χ4n) is 3.70. The highest BCUT2D eigenvalue weighted by atomic mass is 35.5. The van der Waals surface area contributed by atoms with Crippen LogP contribution in [0.4, 0.5) is 0 Å². The Morgan fingerprint density at radius 3 is 2.47 bits per heavy atom. The number of rotatable bonds is 8. The molecule has 4 N–H and O–H groups in total. The molecule has 2 aromatic rings. The lowest BCUT2D eigenvalue weighted by atomic mass is 9.94. The van der Waals surface area contributed by atoms with Crippen molar-refractivity contribution in [3.63, 3.8) is 0 Å². The van der Waals surface area contributed by atoms with Crippen molar-refractivity contribution in [3.05, 3.63) is 64.2 Å². The quantitative estimate of drug-likeness (QED) is 0.495. The predicted octanol–water partition coefficient (Wildman–Crippen LogP) is 1.60. The normalized spacial score (nSPS) is 27.2. The van der Waals surface area contributed by atoms with Crippen molar-refractivity contribution in [1.82, 2.24) is 0 Å². The number of hydrogen-bond acceptors (Lipinski definition) is 7. The van der Waals surface area contributed by atoms with Gasteiger partial charge >= 0.3 is 0 Å². The van der Waals surface area contributed by atoms with Crippen LogP contribution in [0.3, 0.4) is 0 Å². The monoisotopic (exact) mass is 438 g/mol. The van der Waals surface area contributed by atoms with Crippen LogP contribution < -0.4 is 4.74 Å². The third-order valence-electron chi connectivity index (χ3n) is 5.31. The highest BCUT2D eigenvalue weighted by Gasteiger charge is 2.57. The Morgan fingerprint density at radius 1 is 1.17 bits per heavy atom. The molecule has 30 heavy (non-hydrogen) atoms. The van der Waals surface area contributed by atoms with Crippen molar-refractivity contribution in [2.24, 2.45) is 0 Å². The van der Waals surface area contributed by atoms with Crippen molar-refractivity contribution in [1.29, 1.82) is 0 Å². The molecule has 164 valence electrons. The molecule has 0 amide bonds. The van der Waals surface area contributed by atoms with Gasteiger partial charge in [-0.2, -0.15) is 0 Å². The number of ether oxygens (including phenoxy) is 3. The standard InChI is InChI=1S/C22H27ClO7/c1-3-29-16-7-4-13(5-8-16)10-14-11-15(6-9-17(14)23)22(28-2)21(27)19(26)20(30-22)18(25)12-24/h4-9,11,18-21,24-27H,3,10,12H2,1-2H3/t18-,19+,20-,21-,22+/m1/s1. The predicted molar refractivity (Wildman–Crippen MR) is 111 cm³/mol. The molecule has 0 spiro atoms. The second-order valence-electron chi connectivity index (χ2n) is 7.20. The number of aliphatic hydroxyl groups is 4. The lowest BCUT2D eigenvalue weighted by Crippen LogP contribution is -2.43. The van der Waals surface area contributed by atoms with E-state index < -0.39 is 36.8 Å². The van der Waals surface area contributed by atoms with E-state index in [0.29, 0.717) is 23.6 Å². The molecule has 0 aromatic heterocycles. The second kappa shape index (κ2) is 9.62. The summed E-state index contributed by atoms with van der Waals surface area (Å²) >= 11 is 6.40. The van der Waals surface area contributed by atoms with Crippen molar-refractivity contribution < 1.29 is 34.6 Å². The summed E-state index contributed by atoms with van der Waals surface area (Å²) in [4.78, 5) is 0. The Bertz CT molecular complexity index is 844. The van der Waals surface area contributed by atoms with Crippen LogP contribution in [0, 0.1) is 0 Å². The van der Waals surface area contributed by atoms with Gasteiger partial charge in [-0.05, 0) is 48.7 Å². The molecule has 2 aromatic carbocycles. The van der Waals surface area contributed by atoms with E-state index in [2.05, 4.69) is 0 Å². The Balaban J connectivity index is 1.91. The minimum Gasteiger partial charge on any atom is -0.494 e. The number of hydrogen-bond donors (Lipinski definition) is 4. The summed E-state index contributed by atoms with van der Waals surface area (Å²) in [7, 11) is 1.34. The first-order valence-electron chi connectivity index (χ1n) is 9.75. The fraction of sp³-hybridized carbons (Fsp3) is 0.455. The van der Waals surface area contributed by atoms with Crippen LogP contribution in [0.25, 0.3) is 0 Å². The first-order chi connectivity index (χ1) is 14.4. The number of benzene rings is 2. The van der Waals surface area contributed by atoms with E-state index in [1.165, 1.54) is 7.11 Å². The van der Waals surface area contributed by atoms with Gasteiger partial charge in [0.15, 0.2) is 0 Å². The molecular formula is C22H27ClO7. The Labute approximate surface area is 180 Å². The van der Waals surface area contributed by atoms with E-state index >= 15 is 0 Å². The van der Waals surface area contributed by atoms with Crippen LogP contribution in [0.5, 0.6) is 5.75 Å². The minimum absolute atomic E-state index is 0.439. The van der Waals surface area contributed by atoms with Crippen LogP contribution in [0.1, 0.15) is 23.6 Å². The van der Waals surface area contributed by atoms with Gasteiger partial charge in [0.25, 0.3) is 0 Å². The van der Waals surface area contributed by atoms with Crippen LogP contribution >= 0.6 is 11.6 Å². The van der Waals surface area contributed by atoms with Gasteiger partial charge in [-0.25, -0.2) is 0 Å². The van der Waals surface area contributed by atoms with Gasteiger partial charge in [-0.1, -0.05) is 29.8 Å². The van der Waals surface area contributed by atoms with Gasteiger partial charge in [-0.3, -0.25) is 0 Å². The zero-order valence-corrected chi connectivity index (χ0v) is 17.6. The van der Waals surface area contributed by atoms with Gasteiger partial charge in [0, 0.05) is 17.7 Å². The van der Waals surface area contributed by atoms with E-state index in [9.17, 15) is 20.4 Å². The molecule has 1 aliphatic rings. The third kappa shape index (κ3) is 4.33. The Morgan fingerprint density at radius 2 is 1.87 bits per heavy atom. The Kier molecular flexibility index (Phi) is 7.36. The topological polar surface area (TPSA) is 109 Å². The van der Waals surface area contributed by atoms with E-state index in [1.807, 2.05) is 31.2 Å². The molecule has 0 saturated carbocycles. The van der Waals surface area contributed by atoms with Gasteiger partial charge < -0.3 is 34.6 Å². The molecule has 1 fully saturated rings. The lowest BCUT2D eigenvalue weighted by Gasteiger charge is -2.31. The maximum atomic E-state index is 10.7. The van der Waals surface area contributed by atoms with Crippen LogP contribution in [0.15, 0.2) is 42.5 Å². The van der Waals surface area contributed by atoms with Crippen molar-refractivity contribution in [2.75, 3.05) is 20.3 Å². The average Bonchev–Trinajstić information content (AvgIpc) is 3.02. The zero-order chi connectivity index (χ0) is 21.9. The molecule has 5 atom stereocenters. The summed E-state index contributed by atoms with van der Waals surface area (Å²) in [5.74, 6) is -0.928. The lowest BCUT2D eigenvalue weighted by molar-refractivity contribution is -0.263. The summed E-state index contributed by atoms with van der Waals surface area (Å²) < 4.78 is 16.7. The maximum absolute atomic E-state index is 10.7. The van der Waals surface area contributed by atoms with Crippen LogP contribution in [-0.2, 0) is 21.7 Å². The minimum atomic E-state index is -1.71. The Hall–Kier alpha value is -1.71. The van der Waals surface area contributed by atoms with Gasteiger partial charge in [0.2, 0.25) is 5.79 Å². The van der Waals surface area contributed by atoms with Crippen molar-refractivity contribution in [2.45, 2.75) is 43.5 Å². The summed E-state index contributed by atoms with van der Waals surface area (Å²) in [5.41, 5.74) is 2.21. The smallest absolute Gasteiger partial charge is 0.224 e. The molecule has 0 unspecified atom stereocenters. The summed E-state index contributed by atoms with van der Waals surface area (Å²) in [6.07, 6.45) is -5.00. The molecule has 0 aliphatic carbocycles. The van der Waals surface area contributed by atoms with Crippen LogP contribution in [-0.4, -0.2) is 65.2 Å². The maximum Gasteiger partial charge on any atom is 0.224 e. The van der Waals surface area contributed by atoms with E-state index in [0.717, 1.165) is 16.9 Å². The second-order valence-corrected chi connectivity index (χ2v) is 7.61. The zero-order valence-electron chi connectivity index (χ0n) is 16.9. The van der Waals surface area contributed by atoms with Gasteiger partial charge in [0.05, 0.1) is 13.2 Å². The van der Waals surface area contributed by atoms with Crippen LogP contribution in [0.2, 0.25) is 5.02 Å². The van der Waals surface area contributed by atoms with Crippen molar-refractivity contribution in [3.8, 4) is 5.75 Å². The first-order valence-corrected chi connectivity index (χ1v) is 10.1. The van der Waals surface area contributed by atoms with Crippen molar-refractivity contribution >= 4 is 11.6 Å². The molecular weight excluding hydrogens is 412 g/mol. The van der Waals surface area contributed by atoms with E-state index in [-0.39, 0.29) is 0 Å². The summed E-state index contributed by atoms with van der Waals surface area (Å²) in [6, 6.07) is 12.7. The largest absolute Gasteiger partial charge is 0.494 e. The van der Waals surface area contributed by atoms with Gasteiger partial charge in [-0.15, -0.1) is 0 Å². The first kappa shape index (κ1) is 23.0. The fourth-order valence-corrected chi connectivity index (χ4v) is 3.88. The molecule has 8 heteroatoms. The third-order valence-corrected chi connectivity index (χ3v) is 5.68. The molecule has 0 bridgehead atoms. The highest BCUT2D eigenvalue weighted by molar-refractivity contribution is 6.31. The number of aliphatic hydroxyl groups excluding tert-OH is 4. The molecule has 7 nitrogen and oxygen atoms in total. The summed E-state index contributed by atoms with van der Waals surface area (Å²) in [6.45, 7) is 1.88. The van der Waals surface area contributed by atoms with Gasteiger partial charge in [0.1, 0.15) is 30.2 Å². The number of methoxy groups -OCH3 is 1. The molecule has 1 heterocycles. The molecule has 1 saturated heterocycles. The SMILES string of the molecule is CCOc1ccc(Cc2cc([C@]3(OC)O[C@H]([C@H](O)CO)[C@H](O)[C@H]3O)ccc2Cl)cc1. The highest BCUT2D eigenvalue weighted by Crippen LogP contribution is 2.42. The molecule has 3 rings (SSSR count). The number of halogens is 1. The average molecular weight is 439 g/mol. The molecule has 0 radical (unpaired) electrons.